The van der Waals surface area contributed by atoms with Crippen LogP contribution in [-0.4, -0.2) is 23.8 Å². The first-order valence-electron chi connectivity index (χ1n) is 9.56. The molecule has 0 aliphatic heterocycles. The van der Waals surface area contributed by atoms with E-state index in [1.165, 1.54) is 12.1 Å². The number of hydrogen-bond acceptors (Lipinski definition) is 5. The van der Waals surface area contributed by atoms with E-state index in [1.807, 2.05) is 22.6 Å². The van der Waals surface area contributed by atoms with Gasteiger partial charge in [-0.2, -0.15) is 0 Å². The Kier molecular flexibility index (Phi) is 5.79. The molecule has 3 aromatic rings. The Bertz CT molecular complexity index is 1590. The van der Waals surface area contributed by atoms with Gasteiger partial charge < -0.3 is 0 Å². The third kappa shape index (κ3) is 3.78. The number of pyridine rings is 1. The Hall–Kier alpha value is -2.53. The first kappa shape index (κ1) is 24.6. The van der Waals surface area contributed by atoms with E-state index < -0.39 is 67.0 Å². The summed E-state index contributed by atoms with van der Waals surface area (Å²) in [5, 5.41) is -0.741. The molecule has 34 heavy (non-hydrogen) atoms. The third-order valence-electron chi connectivity index (χ3n) is 5.33. The van der Waals surface area contributed by atoms with E-state index in [0.717, 1.165) is 29.2 Å². The van der Waals surface area contributed by atoms with E-state index in [-0.39, 0.29) is 5.69 Å². The number of fused-ring (bicyclic) bond motifs is 1. The number of aromatic nitrogens is 3. The molecule has 0 amide bonds. The summed E-state index contributed by atoms with van der Waals surface area (Å²) in [6.07, 6.45) is 0.798. The summed E-state index contributed by atoms with van der Waals surface area (Å²) in [6.45, 7) is 1.00. The smallest absolute Gasteiger partial charge is 0.296 e. The molecule has 0 bridgehead atoms. The number of alkyl halides is 3. The molecule has 0 spiro atoms. The normalized spacial score (nSPS) is 16.0. The minimum Gasteiger partial charge on any atom is -0.296 e. The number of nitrogens with zero attached hydrogens (tertiary/aromatic N) is 3. The predicted octanol–water partition coefficient (Wildman–Crippen LogP) is 3.02. The molecule has 182 valence electrons. The highest BCUT2D eigenvalue weighted by Gasteiger charge is 2.63. The van der Waals surface area contributed by atoms with Crippen molar-refractivity contribution >= 4 is 44.1 Å². The summed E-state index contributed by atoms with van der Waals surface area (Å²) in [6, 6.07) is 3.11. The molecule has 1 N–H and O–H groups in total. The van der Waals surface area contributed by atoms with E-state index >= 15 is 0 Å². The highest BCUT2D eigenvalue weighted by molar-refractivity contribution is 14.1. The average molecular weight is 616 g/mol. The van der Waals surface area contributed by atoms with E-state index in [4.69, 9.17) is 0 Å². The Balaban J connectivity index is 2.26. The number of aryl methyl sites for hydroxylation is 1. The van der Waals surface area contributed by atoms with Crippen LogP contribution in [-0.2, 0) is 21.8 Å². The van der Waals surface area contributed by atoms with Crippen LogP contribution >= 0.6 is 22.6 Å². The van der Waals surface area contributed by atoms with Crippen molar-refractivity contribution in [2.45, 2.75) is 31.3 Å². The molecule has 15 heteroatoms. The Morgan fingerprint density at radius 2 is 1.79 bits per heavy atom. The summed E-state index contributed by atoms with van der Waals surface area (Å²) in [5.41, 5.74) is -10.5. The molecule has 0 radical (unpaired) electrons. The van der Waals surface area contributed by atoms with E-state index in [0.29, 0.717) is 21.0 Å². The molecule has 0 saturated heterocycles. The largest absolute Gasteiger partial charge is 0.650 e. The molecule has 1 atom stereocenters. The summed E-state index contributed by atoms with van der Waals surface area (Å²) in [4.78, 5) is 39.5. The third-order valence-corrected chi connectivity index (χ3v) is 6.98. The van der Waals surface area contributed by atoms with E-state index in [9.17, 15) is 40.7 Å². The fourth-order valence-corrected chi connectivity index (χ4v) is 4.54. The molecule has 1 aliphatic carbocycles. The average Bonchev–Trinajstić information content (AvgIpc) is 3.54. The van der Waals surface area contributed by atoms with Crippen LogP contribution in [0.1, 0.15) is 24.4 Å². The van der Waals surface area contributed by atoms with Crippen LogP contribution in [0.25, 0.3) is 16.7 Å². The Morgan fingerprint density at radius 1 is 1.18 bits per heavy atom. The second kappa shape index (κ2) is 8.01. The molecular weight excluding hydrogens is 601 g/mol. The van der Waals surface area contributed by atoms with Crippen molar-refractivity contribution in [1.29, 1.82) is 0 Å². The van der Waals surface area contributed by atoms with Gasteiger partial charge in [0.2, 0.25) is 5.75 Å². The monoisotopic (exact) mass is 616 g/mol. The SMILES string of the molecule is Cc1c(O[S+](=O)(O)C(F)(F)F)c2c(=O)n(C3CC3)c(=O)n(-c3ccc(I)cc3F)c2n(C)c1=O. The first-order valence-corrected chi connectivity index (χ1v) is 12.1. The maximum absolute atomic E-state index is 14.9. The maximum Gasteiger partial charge on any atom is 0.650 e. The van der Waals surface area contributed by atoms with Crippen molar-refractivity contribution in [3.63, 3.8) is 0 Å². The van der Waals surface area contributed by atoms with Crippen molar-refractivity contribution < 1.29 is 30.5 Å². The first-order chi connectivity index (χ1) is 15.7. The zero-order valence-electron chi connectivity index (χ0n) is 17.4. The highest BCUT2D eigenvalue weighted by Crippen LogP contribution is 2.37. The lowest BCUT2D eigenvalue weighted by Gasteiger charge is -2.19. The van der Waals surface area contributed by atoms with Gasteiger partial charge in [0, 0.05) is 16.7 Å². The predicted molar refractivity (Wildman–Crippen MR) is 122 cm³/mol. The molecule has 2 aromatic heterocycles. The Labute approximate surface area is 202 Å². The van der Waals surface area contributed by atoms with Crippen LogP contribution in [0.5, 0.6) is 5.75 Å². The van der Waals surface area contributed by atoms with Gasteiger partial charge in [-0.1, -0.05) is 0 Å². The van der Waals surface area contributed by atoms with Gasteiger partial charge in [0.1, 0.15) is 16.9 Å². The van der Waals surface area contributed by atoms with E-state index in [2.05, 4.69) is 4.18 Å². The van der Waals surface area contributed by atoms with Gasteiger partial charge in [-0.25, -0.2) is 17.9 Å². The summed E-state index contributed by atoms with van der Waals surface area (Å²) in [7, 11) is -4.91. The van der Waals surface area contributed by atoms with Gasteiger partial charge >= 0.3 is 21.7 Å². The highest BCUT2D eigenvalue weighted by atomic mass is 127. The van der Waals surface area contributed by atoms with Crippen molar-refractivity contribution in [1.82, 2.24) is 13.7 Å². The van der Waals surface area contributed by atoms with Crippen LogP contribution < -0.4 is 21.0 Å². The van der Waals surface area contributed by atoms with Crippen LogP contribution in [0.3, 0.4) is 0 Å². The molecular formula is C19H15F4IN3O6S+. The lowest BCUT2D eigenvalue weighted by atomic mass is 10.2. The van der Waals surface area contributed by atoms with Crippen LogP contribution in [0.4, 0.5) is 17.6 Å². The number of halogens is 5. The molecule has 1 unspecified atom stereocenters. The second-order valence-electron chi connectivity index (χ2n) is 7.64. The fourth-order valence-electron chi connectivity index (χ4n) is 3.56. The van der Waals surface area contributed by atoms with Crippen molar-refractivity contribution in [2.75, 3.05) is 0 Å². The number of benzene rings is 1. The Morgan fingerprint density at radius 3 is 2.32 bits per heavy atom. The molecule has 1 fully saturated rings. The number of hydrogen-bond donors (Lipinski definition) is 1. The molecule has 9 nitrogen and oxygen atoms in total. The quantitative estimate of drug-likeness (QED) is 0.274. The number of rotatable bonds is 4. The van der Waals surface area contributed by atoms with Crippen LogP contribution in [0, 0.1) is 16.3 Å². The minimum atomic E-state index is -6.04. The van der Waals surface area contributed by atoms with Gasteiger partial charge in [-0.05, 0) is 64.8 Å². The molecule has 1 aliphatic rings. The van der Waals surface area contributed by atoms with Gasteiger partial charge in [0.15, 0.2) is 0 Å². The molecule has 1 aromatic carbocycles. The van der Waals surface area contributed by atoms with Crippen LogP contribution in [0.2, 0.25) is 0 Å². The summed E-state index contributed by atoms with van der Waals surface area (Å²) in [5.74, 6) is -2.02. The van der Waals surface area contributed by atoms with Gasteiger partial charge in [-0.3, -0.25) is 18.7 Å². The van der Waals surface area contributed by atoms with Gasteiger partial charge in [0.25, 0.3) is 11.1 Å². The van der Waals surface area contributed by atoms with Crippen molar-refractivity contribution in [3.05, 3.63) is 64.3 Å². The van der Waals surface area contributed by atoms with Crippen molar-refractivity contribution in [2.24, 2.45) is 7.05 Å². The molecule has 4 rings (SSSR count). The fraction of sp³-hybridized carbons (Fsp3) is 0.316. The topological polar surface area (TPSA) is 113 Å². The molecule has 1 saturated carbocycles. The van der Waals surface area contributed by atoms with Gasteiger partial charge in [0.05, 0.1) is 11.3 Å². The van der Waals surface area contributed by atoms with Crippen molar-refractivity contribution in [3.8, 4) is 11.4 Å². The molecule has 2 heterocycles. The maximum atomic E-state index is 14.9. The summed E-state index contributed by atoms with van der Waals surface area (Å²) < 4.78 is 82.7. The second-order valence-corrected chi connectivity index (χ2v) is 10.5. The zero-order chi connectivity index (χ0) is 25.3. The van der Waals surface area contributed by atoms with E-state index in [1.54, 1.807) is 0 Å². The minimum absolute atomic E-state index is 0.379. The standard InChI is InChI=1S/C19H14F4IN3O6S/c1-8-14(33-34(31,32)19(21,22)23)13-15(25(2)16(8)28)27(12-6-3-9(24)7-11(12)20)18(30)26(17(13)29)10-4-5-10/h3,6-7,10H,4-5H2,1-2H3/p+1. The summed E-state index contributed by atoms with van der Waals surface area (Å²) >= 11 is 1.82. The lowest BCUT2D eigenvalue weighted by Crippen LogP contribution is -2.43. The zero-order valence-corrected chi connectivity index (χ0v) is 20.3. The van der Waals surface area contributed by atoms with Gasteiger partial charge in [-0.15, -0.1) is 17.7 Å². The van der Waals surface area contributed by atoms with Crippen LogP contribution in [0.15, 0.2) is 32.6 Å². The lowest BCUT2D eigenvalue weighted by molar-refractivity contribution is -0.0577.